The van der Waals surface area contributed by atoms with E-state index in [0.717, 1.165) is 0 Å². The SMILES string of the molecule is C\C=C/C=C(I)\C=C/C. The molecule has 0 aliphatic carbocycles. The molecule has 0 N–H and O–H groups in total. The Balaban J connectivity index is 3.84. The van der Waals surface area contributed by atoms with Crippen LogP contribution in [0.4, 0.5) is 0 Å². The van der Waals surface area contributed by atoms with Crippen LogP contribution in [-0.4, -0.2) is 0 Å². The van der Waals surface area contributed by atoms with Gasteiger partial charge in [-0.05, 0) is 42.5 Å². The van der Waals surface area contributed by atoms with Crippen molar-refractivity contribution in [1.82, 2.24) is 0 Å². The third-order valence-electron chi connectivity index (χ3n) is 0.774. The molecule has 0 saturated heterocycles. The highest BCUT2D eigenvalue weighted by atomic mass is 127. The zero-order valence-corrected chi connectivity index (χ0v) is 7.92. The molecule has 9 heavy (non-hydrogen) atoms. The van der Waals surface area contributed by atoms with Gasteiger partial charge in [0.05, 0.1) is 0 Å². The molecule has 0 fully saturated rings. The Bertz CT molecular complexity index is 141. The van der Waals surface area contributed by atoms with Gasteiger partial charge in [0.15, 0.2) is 0 Å². The topological polar surface area (TPSA) is 0 Å². The van der Waals surface area contributed by atoms with Gasteiger partial charge in [-0.1, -0.05) is 24.3 Å². The van der Waals surface area contributed by atoms with Crippen LogP contribution in [0.1, 0.15) is 13.8 Å². The molecule has 0 atom stereocenters. The minimum absolute atomic E-state index is 1.26. The summed E-state index contributed by atoms with van der Waals surface area (Å²) in [4.78, 5) is 0. The summed E-state index contributed by atoms with van der Waals surface area (Å²) in [5, 5.41) is 0. The maximum atomic E-state index is 2.29. The highest BCUT2D eigenvalue weighted by molar-refractivity contribution is 14.1. The Morgan fingerprint density at radius 3 is 2.33 bits per heavy atom. The minimum atomic E-state index is 1.26. The van der Waals surface area contributed by atoms with Crippen LogP contribution in [0, 0.1) is 0 Å². The highest BCUT2D eigenvalue weighted by Crippen LogP contribution is 2.06. The van der Waals surface area contributed by atoms with E-state index in [1.54, 1.807) is 0 Å². The van der Waals surface area contributed by atoms with E-state index < -0.39 is 0 Å². The van der Waals surface area contributed by atoms with E-state index >= 15 is 0 Å². The Morgan fingerprint density at radius 2 is 1.89 bits per heavy atom. The van der Waals surface area contributed by atoms with Crippen LogP contribution in [0.15, 0.2) is 34.0 Å². The molecular formula is C8H11I. The molecule has 0 aromatic rings. The number of hydrogen-bond acceptors (Lipinski definition) is 0. The summed E-state index contributed by atoms with van der Waals surface area (Å²) in [6.45, 7) is 4.03. The number of halogens is 1. The van der Waals surface area contributed by atoms with E-state index in [4.69, 9.17) is 0 Å². The first-order chi connectivity index (χ1) is 4.31. The molecular weight excluding hydrogens is 223 g/mol. The van der Waals surface area contributed by atoms with Gasteiger partial charge in [-0.2, -0.15) is 0 Å². The normalized spacial score (nSPS) is 13.9. The van der Waals surface area contributed by atoms with Crippen molar-refractivity contribution < 1.29 is 0 Å². The Kier molecular flexibility index (Phi) is 6.04. The van der Waals surface area contributed by atoms with Gasteiger partial charge >= 0.3 is 0 Å². The third-order valence-corrected chi connectivity index (χ3v) is 1.49. The van der Waals surface area contributed by atoms with Crippen LogP contribution < -0.4 is 0 Å². The summed E-state index contributed by atoms with van der Waals surface area (Å²) < 4.78 is 1.26. The summed E-state index contributed by atoms with van der Waals surface area (Å²) in [5.74, 6) is 0. The van der Waals surface area contributed by atoms with Crippen LogP contribution in [-0.2, 0) is 0 Å². The van der Waals surface area contributed by atoms with Crippen molar-refractivity contribution in [3.05, 3.63) is 34.0 Å². The van der Waals surface area contributed by atoms with Crippen LogP contribution in [0.3, 0.4) is 0 Å². The Hall–Kier alpha value is -0.0500. The molecule has 50 valence electrons. The lowest BCUT2D eigenvalue weighted by Gasteiger charge is -1.81. The monoisotopic (exact) mass is 234 g/mol. The van der Waals surface area contributed by atoms with Crippen LogP contribution >= 0.6 is 22.6 Å². The van der Waals surface area contributed by atoms with Gasteiger partial charge < -0.3 is 0 Å². The minimum Gasteiger partial charge on any atom is -0.0876 e. The first kappa shape index (κ1) is 8.95. The summed E-state index contributed by atoms with van der Waals surface area (Å²) >= 11 is 2.29. The second-order valence-corrected chi connectivity index (χ2v) is 2.82. The van der Waals surface area contributed by atoms with E-state index in [-0.39, 0.29) is 0 Å². The molecule has 0 amide bonds. The Labute approximate surface area is 70.5 Å². The average Bonchev–Trinajstić information content (AvgIpc) is 1.85. The summed E-state index contributed by atoms with van der Waals surface area (Å²) in [6.07, 6.45) is 10.2. The summed E-state index contributed by atoms with van der Waals surface area (Å²) in [6, 6.07) is 0. The molecule has 0 aliphatic rings. The van der Waals surface area contributed by atoms with Crippen molar-refractivity contribution in [2.75, 3.05) is 0 Å². The van der Waals surface area contributed by atoms with Crippen LogP contribution in [0.25, 0.3) is 0 Å². The second kappa shape index (κ2) is 6.08. The van der Waals surface area contributed by atoms with Gasteiger partial charge in [-0.3, -0.25) is 0 Å². The molecule has 0 saturated carbocycles. The van der Waals surface area contributed by atoms with Crippen molar-refractivity contribution in [2.24, 2.45) is 0 Å². The second-order valence-electron chi connectivity index (χ2n) is 1.58. The van der Waals surface area contributed by atoms with Gasteiger partial charge in [-0.25, -0.2) is 0 Å². The zero-order chi connectivity index (χ0) is 7.11. The quantitative estimate of drug-likeness (QED) is 0.507. The van der Waals surface area contributed by atoms with E-state index in [0.29, 0.717) is 0 Å². The molecule has 0 radical (unpaired) electrons. The summed E-state index contributed by atoms with van der Waals surface area (Å²) in [7, 11) is 0. The number of allylic oxidation sites excluding steroid dienone is 6. The first-order valence-electron chi connectivity index (χ1n) is 2.92. The van der Waals surface area contributed by atoms with E-state index in [9.17, 15) is 0 Å². The van der Waals surface area contributed by atoms with Crippen molar-refractivity contribution in [3.63, 3.8) is 0 Å². The third kappa shape index (κ3) is 5.83. The molecule has 0 aromatic carbocycles. The van der Waals surface area contributed by atoms with E-state index in [2.05, 4.69) is 34.7 Å². The lowest BCUT2D eigenvalue weighted by molar-refractivity contribution is 1.70. The molecule has 0 unspecified atom stereocenters. The average molecular weight is 234 g/mol. The molecule has 0 rings (SSSR count). The molecule has 0 nitrogen and oxygen atoms in total. The van der Waals surface area contributed by atoms with Crippen LogP contribution in [0.2, 0.25) is 0 Å². The van der Waals surface area contributed by atoms with Gasteiger partial charge in [0.2, 0.25) is 0 Å². The highest BCUT2D eigenvalue weighted by Gasteiger charge is 1.75. The van der Waals surface area contributed by atoms with Gasteiger partial charge in [0.1, 0.15) is 0 Å². The predicted octanol–water partition coefficient (Wildman–Crippen LogP) is 3.46. The predicted molar refractivity (Wildman–Crippen MR) is 51.7 cm³/mol. The molecule has 0 spiro atoms. The van der Waals surface area contributed by atoms with Crippen molar-refractivity contribution >= 4 is 22.6 Å². The first-order valence-corrected chi connectivity index (χ1v) is 4.00. The van der Waals surface area contributed by atoms with Crippen molar-refractivity contribution in [1.29, 1.82) is 0 Å². The molecule has 0 bridgehead atoms. The lowest BCUT2D eigenvalue weighted by Crippen LogP contribution is -1.56. The molecule has 0 aromatic heterocycles. The zero-order valence-electron chi connectivity index (χ0n) is 5.76. The fourth-order valence-corrected chi connectivity index (χ4v) is 0.970. The fourth-order valence-electron chi connectivity index (χ4n) is 0.403. The van der Waals surface area contributed by atoms with E-state index in [1.807, 2.05) is 32.1 Å². The molecule has 1 heteroatoms. The van der Waals surface area contributed by atoms with E-state index in [1.165, 1.54) is 3.58 Å². The van der Waals surface area contributed by atoms with Gasteiger partial charge in [-0.15, -0.1) is 0 Å². The molecule has 0 heterocycles. The number of rotatable bonds is 2. The maximum Gasteiger partial charge on any atom is 0.0126 e. The smallest absolute Gasteiger partial charge is 0.0126 e. The fraction of sp³-hybridized carbons (Fsp3) is 0.250. The maximum absolute atomic E-state index is 2.29. The van der Waals surface area contributed by atoms with Crippen LogP contribution in [0.5, 0.6) is 0 Å². The Morgan fingerprint density at radius 1 is 1.22 bits per heavy atom. The molecule has 0 aliphatic heterocycles. The van der Waals surface area contributed by atoms with Crippen molar-refractivity contribution in [3.8, 4) is 0 Å². The van der Waals surface area contributed by atoms with Crippen molar-refractivity contribution in [2.45, 2.75) is 13.8 Å². The lowest BCUT2D eigenvalue weighted by atomic mass is 10.4. The standard InChI is InChI=1S/C8H11I/c1-3-5-7-8(9)6-4-2/h3-7H,1-2H3/b5-3-,6-4-,8-7+. The summed E-state index contributed by atoms with van der Waals surface area (Å²) in [5.41, 5.74) is 0. The van der Waals surface area contributed by atoms with Gasteiger partial charge in [0.25, 0.3) is 0 Å². The number of hydrogen-bond donors (Lipinski definition) is 0. The largest absolute Gasteiger partial charge is 0.0876 e. The van der Waals surface area contributed by atoms with Gasteiger partial charge in [0, 0.05) is 3.58 Å².